The van der Waals surface area contributed by atoms with Gasteiger partial charge in [-0.05, 0) is 6.08 Å². The van der Waals surface area contributed by atoms with Gasteiger partial charge in [0.25, 0.3) is 0 Å². The lowest BCUT2D eigenvalue weighted by Crippen LogP contribution is -2.01. The van der Waals surface area contributed by atoms with Crippen molar-refractivity contribution in [3.8, 4) is 0 Å². The Kier molecular flexibility index (Phi) is 7.17. The van der Waals surface area contributed by atoms with E-state index in [0.717, 1.165) is 0 Å². The van der Waals surface area contributed by atoms with E-state index in [1.165, 1.54) is 24.3 Å². The Morgan fingerprint density at radius 3 is 1.93 bits per heavy atom. The summed E-state index contributed by atoms with van der Waals surface area (Å²) in [7, 11) is 0. The molecule has 0 aliphatic carbocycles. The summed E-state index contributed by atoms with van der Waals surface area (Å²) in [5.41, 5.74) is 0.861. The van der Waals surface area contributed by atoms with Crippen LogP contribution < -0.4 is 0 Å². The van der Waals surface area contributed by atoms with Crippen LogP contribution in [-0.2, 0) is 0 Å². The van der Waals surface area contributed by atoms with Gasteiger partial charge >= 0.3 is 0 Å². The molecule has 0 amide bonds. The van der Waals surface area contributed by atoms with Crippen LogP contribution in [0.2, 0.25) is 0 Å². The monoisotopic (exact) mass is 351 g/mol. The van der Waals surface area contributed by atoms with Crippen molar-refractivity contribution < 1.29 is 9.59 Å². The van der Waals surface area contributed by atoms with E-state index in [9.17, 15) is 9.59 Å². The van der Waals surface area contributed by atoms with E-state index in [1.807, 2.05) is 5.87 Å². The summed E-state index contributed by atoms with van der Waals surface area (Å²) in [4.78, 5) is 27.7. The first-order valence-electron chi connectivity index (χ1n) is 8.06. The first-order valence-corrected chi connectivity index (χ1v) is 8.06. The molecule has 0 aliphatic heterocycles. The van der Waals surface area contributed by atoms with E-state index in [2.05, 4.69) is 4.85 Å². The Bertz CT molecular complexity index is 1000. The normalized spacial score (nSPS) is 11.1. The van der Waals surface area contributed by atoms with Crippen LogP contribution in [0, 0.1) is 6.57 Å². The van der Waals surface area contributed by atoms with E-state index < -0.39 is 0 Å². The molecule has 4 heteroatoms. The van der Waals surface area contributed by atoms with Crippen LogP contribution in [0.1, 0.15) is 20.7 Å². The van der Waals surface area contributed by atoms with Crippen molar-refractivity contribution in [2.24, 2.45) is 0 Å². The Labute approximate surface area is 157 Å². The molecule has 2 aromatic rings. The van der Waals surface area contributed by atoms with Gasteiger partial charge in [0.2, 0.25) is 5.70 Å². The van der Waals surface area contributed by atoms with Gasteiger partial charge in [-0.15, -0.1) is 0 Å². The molecule has 2 aromatic carbocycles. The van der Waals surface area contributed by atoms with Crippen LogP contribution in [-0.4, -0.2) is 17.4 Å². The second kappa shape index (κ2) is 10.0. The molecule has 0 unspecified atom stereocenters. The molecule has 0 heterocycles. The summed E-state index contributed by atoms with van der Waals surface area (Å²) in [6.45, 7) is 7.16. The van der Waals surface area contributed by atoms with Crippen molar-refractivity contribution >= 4 is 17.4 Å². The SMILES string of the molecule is [C-]#[N+]/C(=C/C=C/C=C/C(=C=[N-])C(=O)c1ccccc1)C(=O)c1ccccc1. The Balaban J connectivity index is 2.07. The standard InChI is InChI=1S/C23H15N2O2/c1-25-21(23(27)19-13-7-3-8-14-19)16-10-4-9-15-20(17-24)22(26)18-11-5-2-6-12-18/h2-16H/q-1/b10-4+,15-9+,21-16+. The van der Waals surface area contributed by atoms with Gasteiger partial charge in [-0.3, -0.25) is 10.7 Å². The number of ketones is 2. The van der Waals surface area contributed by atoms with Gasteiger partial charge < -0.3 is 10.2 Å². The molecule has 0 radical (unpaired) electrons. The molecule has 0 aliphatic rings. The molecule has 4 nitrogen and oxygen atoms in total. The summed E-state index contributed by atoms with van der Waals surface area (Å²) in [5.74, 6) is 1.16. The van der Waals surface area contributed by atoms with Crippen LogP contribution >= 0.6 is 0 Å². The maximum absolute atomic E-state index is 12.2. The molecule has 0 bridgehead atoms. The molecule has 2 rings (SSSR count). The van der Waals surface area contributed by atoms with Crippen LogP contribution in [0.15, 0.2) is 102 Å². The summed E-state index contributed by atoms with van der Waals surface area (Å²) < 4.78 is 0. The summed E-state index contributed by atoms with van der Waals surface area (Å²) >= 11 is 0. The summed E-state index contributed by atoms with van der Waals surface area (Å²) in [5, 5.41) is 9.16. The lowest BCUT2D eigenvalue weighted by molar-refractivity contribution is 0.103. The fourth-order valence-corrected chi connectivity index (χ4v) is 2.17. The quantitative estimate of drug-likeness (QED) is 0.236. The van der Waals surface area contributed by atoms with E-state index in [-0.39, 0.29) is 22.8 Å². The second-order valence-corrected chi connectivity index (χ2v) is 5.32. The number of carbonyl (C=O) groups is 2. The molecule has 0 fully saturated rings. The Morgan fingerprint density at radius 1 is 0.852 bits per heavy atom. The van der Waals surface area contributed by atoms with E-state index in [1.54, 1.807) is 66.7 Å². The Hall–Kier alpha value is -4.06. The first-order chi connectivity index (χ1) is 13.2. The van der Waals surface area contributed by atoms with Gasteiger partial charge in [-0.1, -0.05) is 85.0 Å². The number of nitrogens with zero attached hydrogens (tertiary/aromatic N) is 2. The highest BCUT2D eigenvalue weighted by atomic mass is 16.1. The van der Waals surface area contributed by atoms with Gasteiger partial charge in [-0.25, -0.2) is 4.85 Å². The summed E-state index contributed by atoms with van der Waals surface area (Å²) in [6.07, 6.45) is 7.39. The average Bonchev–Trinajstić information content (AvgIpc) is 2.74. The van der Waals surface area contributed by atoms with Crippen LogP contribution in [0.5, 0.6) is 0 Å². The molecule has 0 atom stereocenters. The highest BCUT2D eigenvalue weighted by molar-refractivity contribution is 6.16. The van der Waals surface area contributed by atoms with Gasteiger partial charge in [0.15, 0.2) is 11.6 Å². The van der Waals surface area contributed by atoms with Gasteiger partial charge in [-0.2, -0.15) is 0 Å². The number of carbonyl (C=O) groups excluding carboxylic acids is 2. The maximum Gasteiger partial charge on any atom is 0.234 e. The molecule has 0 saturated carbocycles. The summed E-state index contributed by atoms with van der Waals surface area (Å²) in [6, 6.07) is 17.1. The van der Waals surface area contributed by atoms with Crippen molar-refractivity contribution in [2.75, 3.05) is 0 Å². The lowest BCUT2D eigenvalue weighted by Gasteiger charge is -2.00. The highest BCUT2D eigenvalue weighted by Crippen LogP contribution is 2.10. The molecular weight excluding hydrogens is 336 g/mol. The van der Waals surface area contributed by atoms with Crippen molar-refractivity contribution in [3.63, 3.8) is 0 Å². The predicted octanol–water partition coefficient (Wildman–Crippen LogP) is 4.83. The minimum Gasteiger partial charge on any atom is -0.763 e. The van der Waals surface area contributed by atoms with Crippen molar-refractivity contribution in [3.05, 3.63) is 130 Å². The van der Waals surface area contributed by atoms with Crippen molar-refractivity contribution in [2.45, 2.75) is 0 Å². The molecule has 27 heavy (non-hydrogen) atoms. The number of allylic oxidation sites excluding steroid dienone is 7. The third-order valence-electron chi connectivity index (χ3n) is 3.53. The maximum atomic E-state index is 12.2. The number of hydrogen-bond donors (Lipinski definition) is 0. The number of Topliss-reactive ketones (excluding diaryl/α,β-unsaturated/α-hetero) is 2. The molecule has 0 spiro atoms. The zero-order valence-electron chi connectivity index (χ0n) is 14.4. The number of rotatable bonds is 7. The predicted molar refractivity (Wildman–Crippen MR) is 106 cm³/mol. The smallest absolute Gasteiger partial charge is 0.234 e. The third kappa shape index (κ3) is 5.47. The lowest BCUT2D eigenvalue weighted by atomic mass is 10.0. The fourth-order valence-electron chi connectivity index (χ4n) is 2.17. The van der Waals surface area contributed by atoms with E-state index in [0.29, 0.717) is 11.1 Å². The van der Waals surface area contributed by atoms with Crippen LogP contribution in [0.3, 0.4) is 0 Å². The average molecular weight is 351 g/mol. The number of benzene rings is 2. The molecule has 130 valence electrons. The first kappa shape index (κ1) is 19.3. The second-order valence-electron chi connectivity index (χ2n) is 5.32. The molecule has 0 saturated heterocycles. The third-order valence-corrected chi connectivity index (χ3v) is 3.53. The van der Waals surface area contributed by atoms with Gasteiger partial charge in [0, 0.05) is 16.7 Å². The van der Waals surface area contributed by atoms with Crippen molar-refractivity contribution in [1.82, 2.24) is 0 Å². The van der Waals surface area contributed by atoms with E-state index >= 15 is 0 Å². The van der Waals surface area contributed by atoms with E-state index in [4.69, 9.17) is 12.0 Å². The minimum atomic E-state index is -0.362. The zero-order valence-corrected chi connectivity index (χ0v) is 14.4. The highest BCUT2D eigenvalue weighted by Gasteiger charge is 2.10. The topological polar surface area (TPSA) is 60.8 Å². The molecule has 0 aromatic heterocycles. The van der Waals surface area contributed by atoms with Gasteiger partial charge in [0.1, 0.15) is 0 Å². The Morgan fingerprint density at radius 2 is 1.41 bits per heavy atom. The molecular formula is C23H15N2O2-. The zero-order chi connectivity index (χ0) is 19.5. The molecule has 0 N–H and O–H groups in total. The van der Waals surface area contributed by atoms with Crippen LogP contribution in [0.25, 0.3) is 10.3 Å². The number of hydrogen-bond acceptors (Lipinski definition) is 2. The van der Waals surface area contributed by atoms with Gasteiger partial charge in [0.05, 0.1) is 6.57 Å². The van der Waals surface area contributed by atoms with Crippen molar-refractivity contribution in [1.29, 1.82) is 0 Å². The minimum absolute atomic E-state index is 0.000550. The largest absolute Gasteiger partial charge is 0.763 e. The fraction of sp³-hybridized carbons (Fsp3) is 0. The van der Waals surface area contributed by atoms with Crippen LogP contribution in [0.4, 0.5) is 0 Å².